The van der Waals surface area contributed by atoms with Crippen molar-refractivity contribution in [1.29, 1.82) is 0 Å². The predicted molar refractivity (Wildman–Crippen MR) is 76.6 cm³/mol. The molecule has 20 heavy (non-hydrogen) atoms. The molecule has 5 nitrogen and oxygen atoms in total. The smallest absolute Gasteiger partial charge is 0.323 e. The summed E-state index contributed by atoms with van der Waals surface area (Å²) in [5.74, 6) is -0.930. The van der Waals surface area contributed by atoms with Gasteiger partial charge in [0.1, 0.15) is 6.54 Å². The fourth-order valence-electron chi connectivity index (χ4n) is 3.52. The maximum atomic E-state index is 12.5. The normalized spacial score (nSPS) is 22.4. The second-order valence-electron chi connectivity index (χ2n) is 6.51. The fourth-order valence-corrected chi connectivity index (χ4v) is 3.52. The van der Waals surface area contributed by atoms with Crippen LogP contribution in [0.3, 0.4) is 0 Å². The van der Waals surface area contributed by atoms with Crippen LogP contribution in [0.4, 0.5) is 4.79 Å². The quantitative estimate of drug-likeness (QED) is 0.833. The zero-order valence-corrected chi connectivity index (χ0v) is 12.4. The summed E-state index contributed by atoms with van der Waals surface area (Å²) in [7, 11) is 0. The summed E-state index contributed by atoms with van der Waals surface area (Å²) in [6, 6.07) is -0.0954. The lowest BCUT2D eigenvalue weighted by Gasteiger charge is -2.37. The minimum absolute atomic E-state index is 0.0956. The molecule has 0 saturated heterocycles. The SMILES string of the molecule is CC1(NC(=O)N(CC(=O)O)C2CCCC2)CCCCC1. The van der Waals surface area contributed by atoms with Gasteiger partial charge >= 0.3 is 12.0 Å². The number of aliphatic carboxylic acids is 1. The van der Waals surface area contributed by atoms with Crippen LogP contribution in [0.1, 0.15) is 64.7 Å². The third kappa shape index (κ3) is 3.87. The Kier molecular flexibility index (Phi) is 4.89. The highest BCUT2D eigenvalue weighted by Gasteiger charge is 2.34. The number of hydrogen-bond acceptors (Lipinski definition) is 2. The molecule has 0 radical (unpaired) electrons. The van der Waals surface area contributed by atoms with Crippen molar-refractivity contribution in [3.63, 3.8) is 0 Å². The number of nitrogens with zero attached hydrogens (tertiary/aromatic N) is 1. The molecule has 2 N–H and O–H groups in total. The first-order chi connectivity index (χ1) is 9.50. The van der Waals surface area contributed by atoms with Crippen molar-refractivity contribution in [3.8, 4) is 0 Å². The average molecular weight is 282 g/mol. The molecule has 0 aromatic carbocycles. The molecule has 0 heterocycles. The molecular weight excluding hydrogens is 256 g/mol. The number of nitrogens with one attached hydrogen (secondary N) is 1. The zero-order chi connectivity index (χ0) is 14.6. The molecule has 0 bridgehead atoms. The van der Waals surface area contributed by atoms with Crippen LogP contribution >= 0.6 is 0 Å². The number of carboxylic acids is 1. The molecule has 0 spiro atoms. The summed E-state index contributed by atoms with van der Waals surface area (Å²) in [6.45, 7) is 1.89. The van der Waals surface area contributed by atoms with E-state index >= 15 is 0 Å². The van der Waals surface area contributed by atoms with Crippen LogP contribution in [0.2, 0.25) is 0 Å². The number of urea groups is 1. The minimum Gasteiger partial charge on any atom is -0.480 e. The van der Waals surface area contributed by atoms with E-state index in [9.17, 15) is 9.59 Å². The molecule has 5 heteroatoms. The minimum atomic E-state index is -0.930. The largest absolute Gasteiger partial charge is 0.480 e. The molecule has 2 amide bonds. The maximum Gasteiger partial charge on any atom is 0.323 e. The van der Waals surface area contributed by atoms with Gasteiger partial charge in [0, 0.05) is 11.6 Å². The molecule has 0 unspecified atom stereocenters. The predicted octanol–water partition coefficient (Wildman–Crippen LogP) is 2.75. The number of amides is 2. The lowest BCUT2D eigenvalue weighted by Crippen LogP contribution is -2.55. The highest BCUT2D eigenvalue weighted by Crippen LogP contribution is 2.29. The summed E-state index contributed by atoms with van der Waals surface area (Å²) in [4.78, 5) is 25.0. The van der Waals surface area contributed by atoms with Gasteiger partial charge in [0.05, 0.1) is 0 Å². The first-order valence-corrected chi connectivity index (χ1v) is 7.81. The van der Waals surface area contributed by atoms with Gasteiger partial charge in [-0.15, -0.1) is 0 Å². The first kappa shape index (κ1) is 15.1. The molecule has 2 aliphatic carbocycles. The molecular formula is C15H26N2O3. The highest BCUT2D eigenvalue weighted by atomic mass is 16.4. The van der Waals surface area contributed by atoms with E-state index in [0.717, 1.165) is 51.4 Å². The van der Waals surface area contributed by atoms with E-state index in [0.29, 0.717) is 0 Å². The van der Waals surface area contributed by atoms with Crippen LogP contribution < -0.4 is 5.32 Å². The molecule has 0 aliphatic heterocycles. The van der Waals surface area contributed by atoms with E-state index in [1.54, 1.807) is 0 Å². The van der Waals surface area contributed by atoms with E-state index in [-0.39, 0.29) is 24.2 Å². The second-order valence-corrected chi connectivity index (χ2v) is 6.51. The van der Waals surface area contributed by atoms with Crippen molar-refractivity contribution >= 4 is 12.0 Å². The van der Waals surface area contributed by atoms with Crippen molar-refractivity contribution < 1.29 is 14.7 Å². The maximum absolute atomic E-state index is 12.5. The van der Waals surface area contributed by atoms with Crippen molar-refractivity contribution in [1.82, 2.24) is 10.2 Å². The third-order valence-corrected chi connectivity index (χ3v) is 4.70. The van der Waals surface area contributed by atoms with E-state index in [4.69, 9.17) is 5.11 Å². The fraction of sp³-hybridized carbons (Fsp3) is 0.867. The Balaban J connectivity index is 1.99. The highest BCUT2D eigenvalue weighted by molar-refractivity contribution is 5.81. The molecule has 2 aliphatic rings. The van der Waals surface area contributed by atoms with Crippen molar-refractivity contribution in [2.24, 2.45) is 0 Å². The van der Waals surface area contributed by atoms with E-state index in [1.807, 2.05) is 0 Å². The number of carbonyl (C=O) groups is 2. The van der Waals surface area contributed by atoms with Crippen LogP contribution in [0, 0.1) is 0 Å². The van der Waals surface area contributed by atoms with E-state index in [2.05, 4.69) is 12.2 Å². The second kappa shape index (κ2) is 6.46. The third-order valence-electron chi connectivity index (χ3n) is 4.70. The van der Waals surface area contributed by atoms with Gasteiger partial charge in [0.2, 0.25) is 0 Å². The summed E-state index contributed by atoms with van der Waals surface area (Å²) in [5.41, 5.74) is -0.162. The van der Waals surface area contributed by atoms with Gasteiger partial charge in [-0.2, -0.15) is 0 Å². The Hall–Kier alpha value is -1.26. The van der Waals surface area contributed by atoms with Crippen molar-refractivity contribution in [2.45, 2.75) is 76.3 Å². The number of hydrogen-bond donors (Lipinski definition) is 2. The molecule has 0 atom stereocenters. The van der Waals surface area contributed by atoms with Gasteiger partial charge in [-0.3, -0.25) is 4.79 Å². The number of rotatable bonds is 4. The van der Waals surface area contributed by atoms with Gasteiger partial charge in [0.25, 0.3) is 0 Å². The Morgan fingerprint density at radius 3 is 2.30 bits per heavy atom. The summed E-state index contributed by atoms with van der Waals surface area (Å²) < 4.78 is 0. The standard InChI is InChI=1S/C15H26N2O3/c1-15(9-5-2-6-10-15)16-14(20)17(11-13(18)19)12-7-3-4-8-12/h12H,2-11H2,1H3,(H,16,20)(H,18,19). The molecule has 2 saturated carbocycles. The van der Waals surface area contributed by atoms with Crippen molar-refractivity contribution in [2.75, 3.05) is 6.54 Å². The summed E-state index contributed by atoms with van der Waals surface area (Å²) in [6.07, 6.45) is 9.52. The van der Waals surface area contributed by atoms with Crippen LogP contribution in [0.15, 0.2) is 0 Å². The Bertz CT molecular complexity index is 358. The van der Waals surface area contributed by atoms with Gasteiger partial charge in [-0.1, -0.05) is 32.1 Å². The van der Waals surface area contributed by atoms with Gasteiger partial charge in [0.15, 0.2) is 0 Å². The van der Waals surface area contributed by atoms with E-state index in [1.165, 1.54) is 11.3 Å². The van der Waals surface area contributed by atoms with E-state index < -0.39 is 5.97 Å². The first-order valence-electron chi connectivity index (χ1n) is 7.81. The molecule has 0 aromatic rings. The summed E-state index contributed by atoms with van der Waals surface area (Å²) in [5, 5.41) is 12.1. The lowest BCUT2D eigenvalue weighted by molar-refractivity contribution is -0.138. The van der Waals surface area contributed by atoms with Crippen LogP contribution in [0.5, 0.6) is 0 Å². The van der Waals surface area contributed by atoms with Gasteiger partial charge in [-0.05, 0) is 32.6 Å². The Labute approximate surface area is 120 Å². The van der Waals surface area contributed by atoms with Gasteiger partial charge in [-0.25, -0.2) is 4.79 Å². The Morgan fingerprint density at radius 2 is 1.75 bits per heavy atom. The Morgan fingerprint density at radius 1 is 1.15 bits per heavy atom. The van der Waals surface area contributed by atoms with Crippen LogP contribution in [-0.2, 0) is 4.79 Å². The zero-order valence-electron chi connectivity index (χ0n) is 12.4. The van der Waals surface area contributed by atoms with Crippen LogP contribution in [-0.4, -0.2) is 40.1 Å². The molecule has 2 rings (SSSR count). The lowest BCUT2D eigenvalue weighted by atomic mass is 9.83. The topological polar surface area (TPSA) is 69.6 Å². The molecule has 2 fully saturated rings. The number of carbonyl (C=O) groups excluding carboxylic acids is 1. The average Bonchev–Trinajstić information content (AvgIpc) is 2.89. The van der Waals surface area contributed by atoms with Crippen LogP contribution in [0.25, 0.3) is 0 Å². The summed E-state index contributed by atoms with van der Waals surface area (Å²) >= 11 is 0. The van der Waals surface area contributed by atoms with Crippen molar-refractivity contribution in [3.05, 3.63) is 0 Å². The molecule has 114 valence electrons. The van der Waals surface area contributed by atoms with Gasteiger partial charge < -0.3 is 15.3 Å². The number of carboxylic acid groups (broad SMARTS) is 1. The molecule has 0 aromatic heterocycles. The monoisotopic (exact) mass is 282 g/mol.